The van der Waals surface area contributed by atoms with E-state index >= 15 is 0 Å². The van der Waals surface area contributed by atoms with Crippen LogP contribution >= 0.6 is 0 Å². The highest BCUT2D eigenvalue weighted by atomic mass is 16.3. The molecule has 61 heavy (non-hydrogen) atoms. The first-order chi connectivity index (χ1) is 30.3. The summed E-state index contributed by atoms with van der Waals surface area (Å²) in [5, 5.41) is 12.1. The molecule has 0 bridgehead atoms. The summed E-state index contributed by atoms with van der Waals surface area (Å²) in [5.41, 5.74) is 15.2. The molecule has 13 aromatic rings. The maximum Gasteiger partial charge on any atom is 0.144 e. The third kappa shape index (κ3) is 4.31. The first kappa shape index (κ1) is 33.0. The van der Waals surface area contributed by atoms with Crippen molar-refractivity contribution in [1.82, 2.24) is 0 Å². The molecule has 2 nitrogen and oxygen atoms in total. The molecule has 2 aromatic heterocycles. The molecule has 11 aromatic carbocycles. The zero-order valence-electron chi connectivity index (χ0n) is 32.9. The summed E-state index contributed by atoms with van der Waals surface area (Å²) in [4.78, 5) is 0. The van der Waals surface area contributed by atoms with Crippen molar-refractivity contribution in [3.05, 3.63) is 229 Å². The van der Waals surface area contributed by atoms with Crippen molar-refractivity contribution in [3.63, 3.8) is 0 Å². The molecule has 0 N–H and O–H groups in total. The molecular formula is C59H34O2. The monoisotopic (exact) mass is 774 g/mol. The van der Waals surface area contributed by atoms with Crippen molar-refractivity contribution in [2.24, 2.45) is 0 Å². The molecular weight excluding hydrogens is 741 g/mol. The van der Waals surface area contributed by atoms with Gasteiger partial charge in [0.1, 0.15) is 22.3 Å². The van der Waals surface area contributed by atoms with Gasteiger partial charge < -0.3 is 8.83 Å². The molecule has 0 aliphatic heterocycles. The molecule has 1 aliphatic carbocycles. The highest BCUT2D eigenvalue weighted by Gasteiger charge is 2.48. The van der Waals surface area contributed by atoms with Crippen LogP contribution in [0.25, 0.3) is 110 Å². The molecule has 14 rings (SSSR count). The molecule has 1 aliphatic rings. The first-order valence-corrected chi connectivity index (χ1v) is 21.1. The van der Waals surface area contributed by atoms with E-state index in [4.69, 9.17) is 8.83 Å². The van der Waals surface area contributed by atoms with Crippen LogP contribution in [0.2, 0.25) is 0 Å². The molecule has 0 spiro atoms. The Morgan fingerprint density at radius 1 is 0.311 bits per heavy atom. The molecule has 2 heteroatoms. The number of hydrogen-bond acceptors (Lipinski definition) is 2. The smallest absolute Gasteiger partial charge is 0.144 e. The Hall–Kier alpha value is -7.94. The van der Waals surface area contributed by atoms with Gasteiger partial charge in [-0.15, -0.1) is 0 Å². The summed E-state index contributed by atoms with van der Waals surface area (Å²) in [6.07, 6.45) is 0. The Morgan fingerprint density at radius 3 is 1.62 bits per heavy atom. The van der Waals surface area contributed by atoms with Gasteiger partial charge in [0.25, 0.3) is 0 Å². The predicted octanol–water partition coefficient (Wildman–Crippen LogP) is 16.1. The minimum Gasteiger partial charge on any atom is -0.456 e. The van der Waals surface area contributed by atoms with Crippen LogP contribution in [-0.4, -0.2) is 0 Å². The van der Waals surface area contributed by atoms with Gasteiger partial charge in [-0.2, -0.15) is 0 Å². The van der Waals surface area contributed by atoms with Crippen molar-refractivity contribution in [1.29, 1.82) is 0 Å². The van der Waals surface area contributed by atoms with Crippen molar-refractivity contribution in [3.8, 4) is 33.4 Å². The fourth-order valence-corrected chi connectivity index (χ4v) is 11.2. The second-order valence-corrected chi connectivity index (χ2v) is 16.6. The Labute approximate surface area is 350 Å². The van der Waals surface area contributed by atoms with Gasteiger partial charge in [0.05, 0.1) is 5.41 Å². The second kappa shape index (κ2) is 12.1. The summed E-state index contributed by atoms with van der Waals surface area (Å²) >= 11 is 0. The van der Waals surface area contributed by atoms with Gasteiger partial charge >= 0.3 is 0 Å². The molecule has 282 valence electrons. The number of fused-ring (bicyclic) bond motifs is 10. The number of benzene rings is 11. The van der Waals surface area contributed by atoms with E-state index in [0.29, 0.717) is 0 Å². The molecule has 0 unspecified atom stereocenters. The van der Waals surface area contributed by atoms with Gasteiger partial charge in [-0.3, -0.25) is 0 Å². The summed E-state index contributed by atoms with van der Waals surface area (Å²) < 4.78 is 13.3. The molecule has 0 amide bonds. The summed E-state index contributed by atoms with van der Waals surface area (Å²) in [6, 6.07) is 75.6. The Balaban J connectivity index is 1.09. The third-order valence-corrected chi connectivity index (χ3v) is 13.7. The van der Waals surface area contributed by atoms with Gasteiger partial charge in [-0.1, -0.05) is 176 Å². The Kier molecular flexibility index (Phi) is 6.52. The second-order valence-electron chi connectivity index (χ2n) is 16.6. The van der Waals surface area contributed by atoms with Crippen molar-refractivity contribution in [2.75, 3.05) is 0 Å². The zero-order valence-corrected chi connectivity index (χ0v) is 32.9. The average molecular weight is 775 g/mol. The van der Waals surface area contributed by atoms with Gasteiger partial charge in [0.2, 0.25) is 0 Å². The molecule has 2 heterocycles. The number of rotatable bonds is 4. The lowest BCUT2D eigenvalue weighted by molar-refractivity contribution is 0.668. The van der Waals surface area contributed by atoms with E-state index in [9.17, 15) is 0 Å². The lowest BCUT2D eigenvalue weighted by Gasteiger charge is -2.34. The van der Waals surface area contributed by atoms with Crippen LogP contribution in [0.1, 0.15) is 22.3 Å². The molecule has 0 saturated heterocycles. The molecule has 0 fully saturated rings. The quantitative estimate of drug-likeness (QED) is 0.167. The van der Waals surface area contributed by atoms with Gasteiger partial charge in [0, 0.05) is 27.1 Å². The molecule has 0 radical (unpaired) electrons. The normalized spacial score (nSPS) is 13.4. The average Bonchev–Trinajstić information content (AvgIpc) is 3.99. The first-order valence-electron chi connectivity index (χ1n) is 21.1. The van der Waals surface area contributed by atoms with Crippen molar-refractivity contribution in [2.45, 2.75) is 5.41 Å². The van der Waals surface area contributed by atoms with Crippen LogP contribution in [0.3, 0.4) is 0 Å². The van der Waals surface area contributed by atoms with E-state index in [1.165, 1.54) is 88.0 Å². The Bertz CT molecular complexity index is 3880. The number of para-hydroxylation sites is 2. The highest BCUT2D eigenvalue weighted by Crippen LogP contribution is 2.60. The maximum absolute atomic E-state index is 7.11. The lowest BCUT2D eigenvalue weighted by Crippen LogP contribution is -2.28. The standard InChI is InChI=1S/C59H34O2/c1-3-13-38(14-4-1)59(39-15-5-2-6-16-39)49-20-10-7-18-45(49)57-50(59)34-48(56-46-19-9-12-22-52(46)61-58(56)57)41-29-26-36-24-23-35-25-28-40(43-30-31-44(41)55(36)54(35)43)37-27-32-53-47(33-37)42-17-8-11-21-51(42)60-53/h1-34H. The number of hydrogen-bond donors (Lipinski definition) is 0. The van der Waals surface area contributed by atoms with Crippen LogP contribution in [-0.2, 0) is 5.41 Å². The fourth-order valence-electron chi connectivity index (χ4n) is 11.2. The van der Waals surface area contributed by atoms with Crippen molar-refractivity contribution >= 4 is 76.2 Å². The maximum atomic E-state index is 7.11. The highest BCUT2D eigenvalue weighted by molar-refractivity contribution is 6.29. The van der Waals surface area contributed by atoms with Crippen molar-refractivity contribution < 1.29 is 8.83 Å². The van der Waals surface area contributed by atoms with Crippen LogP contribution in [0.4, 0.5) is 0 Å². The van der Waals surface area contributed by atoms with E-state index in [0.717, 1.165) is 43.9 Å². The zero-order chi connectivity index (χ0) is 39.8. The third-order valence-electron chi connectivity index (χ3n) is 13.7. The van der Waals surface area contributed by atoms with E-state index < -0.39 is 5.41 Å². The van der Waals surface area contributed by atoms with E-state index in [1.54, 1.807) is 0 Å². The minimum absolute atomic E-state index is 0.573. The van der Waals surface area contributed by atoms with Crippen LogP contribution in [0.15, 0.2) is 215 Å². The fraction of sp³-hybridized carbons (Fsp3) is 0.0169. The topological polar surface area (TPSA) is 26.3 Å². The Morgan fingerprint density at radius 2 is 0.885 bits per heavy atom. The van der Waals surface area contributed by atoms with Gasteiger partial charge in [-0.25, -0.2) is 0 Å². The van der Waals surface area contributed by atoms with Crippen LogP contribution < -0.4 is 0 Å². The molecule has 0 saturated carbocycles. The lowest BCUT2D eigenvalue weighted by atomic mass is 9.67. The van der Waals surface area contributed by atoms with Gasteiger partial charge in [0.15, 0.2) is 0 Å². The van der Waals surface area contributed by atoms with E-state index in [-0.39, 0.29) is 0 Å². The minimum atomic E-state index is -0.573. The predicted molar refractivity (Wildman–Crippen MR) is 253 cm³/mol. The number of furan rings is 2. The van der Waals surface area contributed by atoms with Gasteiger partial charge in [-0.05, 0) is 113 Å². The van der Waals surface area contributed by atoms with E-state index in [1.807, 2.05) is 12.1 Å². The van der Waals surface area contributed by atoms with E-state index in [2.05, 4.69) is 194 Å². The summed E-state index contributed by atoms with van der Waals surface area (Å²) in [5.74, 6) is 0. The van der Waals surface area contributed by atoms with Crippen LogP contribution in [0, 0.1) is 0 Å². The summed E-state index contributed by atoms with van der Waals surface area (Å²) in [7, 11) is 0. The SMILES string of the molecule is c1ccc(C2(c3ccccc3)c3ccccc3-c3c2cc(-c2ccc4ccc5ccc(-c6ccc7oc8ccccc8c7c6)c6ccc2c4c56)c2c3oc3ccccc32)cc1. The molecule has 0 atom stereocenters. The summed E-state index contributed by atoms with van der Waals surface area (Å²) in [6.45, 7) is 0. The largest absolute Gasteiger partial charge is 0.456 e. The van der Waals surface area contributed by atoms with Crippen LogP contribution in [0.5, 0.6) is 0 Å².